The number of ether oxygens (including phenoxy) is 1. The van der Waals surface area contributed by atoms with Crippen molar-refractivity contribution in [1.82, 2.24) is 20.1 Å². The van der Waals surface area contributed by atoms with Crippen molar-refractivity contribution in [2.45, 2.75) is 13.2 Å². The molecule has 0 fully saturated rings. The van der Waals surface area contributed by atoms with Crippen molar-refractivity contribution >= 4 is 5.91 Å². The van der Waals surface area contributed by atoms with Crippen molar-refractivity contribution in [2.24, 2.45) is 0 Å². The van der Waals surface area contributed by atoms with E-state index in [0.717, 1.165) is 16.8 Å². The van der Waals surface area contributed by atoms with E-state index in [1.807, 2.05) is 72.8 Å². The van der Waals surface area contributed by atoms with E-state index in [9.17, 15) is 4.79 Å². The smallest absolute Gasteiger partial charge is 0.272 e. The first-order chi connectivity index (χ1) is 14.3. The SMILES string of the molecule is O=C(NCc1ccnc(OCc2ccccc2)c1)c1ccn(-c2ccccc2)n1. The van der Waals surface area contributed by atoms with Crippen LogP contribution < -0.4 is 10.1 Å². The lowest BCUT2D eigenvalue weighted by atomic mass is 10.2. The highest BCUT2D eigenvalue weighted by Gasteiger charge is 2.10. The highest BCUT2D eigenvalue weighted by Crippen LogP contribution is 2.12. The van der Waals surface area contributed by atoms with Crippen molar-refractivity contribution < 1.29 is 9.53 Å². The van der Waals surface area contributed by atoms with E-state index >= 15 is 0 Å². The van der Waals surface area contributed by atoms with Crippen molar-refractivity contribution in [2.75, 3.05) is 0 Å². The summed E-state index contributed by atoms with van der Waals surface area (Å²) in [7, 11) is 0. The number of carbonyl (C=O) groups excluding carboxylic acids is 1. The van der Waals surface area contributed by atoms with Gasteiger partial charge in [-0.15, -0.1) is 0 Å². The summed E-state index contributed by atoms with van der Waals surface area (Å²) in [6, 6.07) is 24.9. The molecular formula is C23H20N4O2. The molecule has 144 valence electrons. The molecule has 0 atom stereocenters. The fourth-order valence-corrected chi connectivity index (χ4v) is 2.81. The summed E-state index contributed by atoms with van der Waals surface area (Å²) in [5.74, 6) is 0.289. The molecule has 2 aromatic carbocycles. The van der Waals surface area contributed by atoms with Gasteiger partial charge in [0.15, 0.2) is 5.69 Å². The van der Waals surface area contributed by atoms with Gasteiger partial charge in [-0.2, -0.15) is 5.10 Å². The van der Waals surface area contributed by atoms with E-state index in [0.29, 0.717) is 24.7 Å². The summed E-state index contributed by atoms with van der Waals surface area (Å²) in [6.45, 7) is 0.807. The lowest BCUT2D eigenvalue weighted by Crippen LogP contribution is -2.23. The van der Waals surface area contributed by atoms with E-state index in [2.05, 4.69) is 15.4 Å². The molecule has 4 aromatic rings. The first-order valence-corrected chi connectivity index (χ1v) is 9.29. The van der Waals surface area contributed by atoms with Crippen molar-refractivity contribution in [3.05, 3.63) is 108 Å². The molecule has 6 nitrogen and oxygen atoms in total. The van der Waals surface area contributed by atoms with Crippen LogP contribution in [-0.2, 0) is 13.2 Å². The van der Waals surface area contributed by atoms with E-state index in [1.54, 1.807) is 23.1 Å². The lowest BCUT2D eigenvalue weighted by Gasteiger charge is -2.08. The van der Waals surface area contributed by atoms with Crippen LogP contribution in [0.15, 0.2) is 91.3 Å². The van der Waals surface area contributed by atoms with E-state index in [-0.39, 0.29) is 5.91 Å². The Morgan fingerprint density at radius 1 is 0.931 bits per heavy atom. The number of rotatable bonds is 7. The van der Waals surface area contributed by atoms with Gasteiger partial charge in [0, 0.05) is 25.0 Å². The van der Waals surface area contributed by atoms with Crippen LogP contribution in [0.25, 0.3) is 5.69 Å². The maximum Gasteiger partial charge on any atom is 0.272 e. The minimum Gasteiger partial charge on any atom is -0.473 e. The number of para-hydroxylation sites is 1. The zero-order valence-electron chi connectivity index (χ0n) is 15.7. The molecule has 1 amide bonds. The van der Waals surface area contributed by atoms with Crippen molar-refractivity contribution in [3.63, 3.8) is 0 Å². The van der Waals surface area contributed by atoms with Gasteiger partial charge in [0.05, 0.1) is 5.69 Å². The molecule has 0 spiro atoms. The molecule has 0 saturated heterocycles. The molecule has 6 heteroatoms. The second kappa shape index (κ2) is 8.84. The second-order valence-electron chi connectivity index (χ2n) is 6.44. The van der Waals surface area contributed by atoms with Gasteiger partial charge in [-0.3, -0.25) is 4.79 Å². The number of amides is 1. The van der Waals surface area contributed by atoms with Gasteiger partial charge in [0.1, 0.15) is 6.61 Å². The Bertz CT molecular complexity index is 1080. The Morgan fingerprint density at radius 2 is 1.69 bits per heavy atom. The highest BCUT2D eigenvalue weighted by atomic mass is 16.5. The van der Waals surface area contributed by atoms with Gasteiger partial charge < -0.3 is 10.1 Å². The topological polar surface area (TPSA) is 69.0 Å². The zero-order valence-corrected chi connectivity index (χ0v) is 15.7. The third kappa shape index (κ3) is 4.87. The predicted octanol–water partition coefficient (Wildman–Crippen LogP) is 3.78. The van der Waals surface area contributed by atoms with Crippen LogP contribution in [0, 0.1) is 0 Å². The molecular weight excluding hydrogens is 364 g/mol. The number of hydrogen-bond acceptors (Lipinski definition) is 4. The summed E-state index contributed by atoms with van der Waals surface area (Å²) >= 11 is 0. The van der Waals surface area contributed by atoms with E-state index in [1.165, 1.54) is 0 Å². The Labute approximate surface area is 168 Å². The van der Waals surface area contributed by atoms with Gasteiger partial charge in [-0.05, 0) is 35.4 Å². The molecule has 0 aliphatic heterocycles. The fourth-order valence-electron chi connectivity index (χ4n) is 2.81. The normalized spacial score (nSPS) is 10.5. The standard InChI is InChI=1S/C23H20N4O2/c28-23(21-12-14-27(26-21)20-9-5-2-6-10-20)25-16-19-11-13-24-22(15-19)29-17-18-7-3-1-4-8-18/h1-15H,16-17H2,(H,25,28). The van der Waals surface area contributed by atoms with Crippen LogP contribution in [0.5, 0.6) is 5.88 Å². The quantitative estimate of drug-likeness (QED) is 0.527. The van der Waals surface area contributed by atoms with Gasteiger partial charge in [0.2, 0.25) is 5.88 Å². The van der Waals surface area contributed by atoms with Crippen LogP contribution in [0.3, 0.4) is 0 Å². The zero-order chi connectivity index (χ0) is 19.9. The molecule has 0 aliphatic carbocycles. The Hall–Kier alpha value is -3.93. The number of nitrogens with zero attached hydrogens (tertiary/aromatic N) is 3. The molecule has 29 heavy (non-hydrogen) atoms. The average molecular weight is 384 g/mol. The number of pyridine rings is 1. The van der Waals surface area contributed by atoms with Crippen LogP contribution in [0.2, 0.25) is 0 Å². The second-order valence-corrected chi connectivity index (χ2v) is 6.44. The summed E-state index contributed by atoms with van der Waals surface area (Å²) in [5, 5.41) is 7.22. The summed E-state index contributed by atoms with van der Waals surface area (Å²) in [4.78, 5) is 16.7. The number of aromatic nitrogens is 3. The maximum absolute atomic E-state index is 12.4. The first kappa shape index (κ1) is 18.4. The number of hydrogen-bond donors (Lipinski definition) is 1. The maximum atomic E-state index is 12.4. The van der Waals surface area contributed by atoms with Gasteiger partial charge >= 0.3 is 0 Å². The molecule has 2 heterocycles. The largest absolute Gasteiger partial charge is 0.473 e. The van der Waals surface area contributed by atoms with Gasteiger partial charge in [-0.1, -0.05) is 48.5 Å². The highest BCUT2D eigenvalue weighted by molar-refractivity contribution is 5.92. The minimum absolute atomic E-state index is 0.233. The van der Waals surface area contributed by atoms with Crippen molar-refractivity contribution in [1.29, 1.82) is 0 Å². The average Bonchev–Trinajstić information content (AvgIpc) is 3.28. The predicted molar refractivity (Wildman–Crippen MR) is 110 cm³/mol. The van der Waals surface area contributed by atoms with Crippen LogP contribution in [0.1, 0.15) is 21.6 Å². The Balaban J connectivity index is 1.34. The van der Waals surface area contributed by atoms with Crippen LogP contribution in [0.4, 0.5) is 0 Å². The Morgan fingerprint density at radius 3 is 2.48 bits per heavy atom. The third-order valence-corrected chi connectivity index (χ3v) is 4.32. The summed E-state index contributed by atoms with van der Waals surface area (Å²) in [6.07, 6.45) is 3.44. The minimum atomic E-state index is -0.233. The Kier molecular flexibility index (Phi) is 5.62. The van der Waals surface area contributed by atoms with Crippen LogP contribution >= 0.6 is 0 Å². The number of carbonyl (C=O) groups is 1. The molecule has 0 bridgehead atoms. The molecule has 4 rings (SSSR count). The lowest BCUT2D eigenvalue weighted by molar-refractivity contribution is 0.0945. The first-order valence-electron chi connectivity index (χ1n) is 9.29. The molecule has 1 N–H and O–H groups in total. The van der Waals surface area contributed by atoms with Crippen LogP contribution in [-0.4, -0.2) is 20.7 Å². The molecule has 0 saturated carbocycles. The monoisotopic (exact) mass is 384 g/mol. The molecule has 0 unspecified atom stereocenters. The molecule has 0 radical (unpaired) electrons. The van der Waals surface area contributed by atoms with Gasteiger partial charge in [0.25, 0.3) is 5.91 Å². The summed E-state index contributed by atoms with van der Waals surface area (Å²) < 4.78 is 7.41. The number of benzene rings is 2. The molecule has 0 aliphatic rings. The van der Waals surface area contributed by atoms with Gasteiger partial charge in [-0.25, -0.2) is 9.67 Å². The van der Waals surface area contributed by atoms with Crippen molar-refractivity contribution in [3.8, 4) is 11.6 Å². The fraction of sp³-hybridized carbons (Fsp3) is 0.0870. The summed E-state index contributed by atoms with van der Waals surface area (Å²) in [5.41, 5.74) is 3.24. The van der Waals surface area contributed by atoms with E-state index in [4.69, 9.17) is 4.74 Å². The van der Waals surface area contributed by atoms with E-state index < -0.39 is 0 Å². The number of nitrogens with one attached hydrogen (secondary N) is 1. The third-order valence-electron chi connectivity index (χ3n) is 4.32. The molecule has 2 aromatic heterocycles.